The van der Waals surface area contributed by atoms with E-state index in [1.807, 2.05) is 0 Å². The van der Waals surface area contributed by atoms with Gasteiger partial charge in [-0.05, 0) is 11.0 Å². The van der Waals surface area contributed by atoms with Gasteiger partial charge in [-0.1, -0.05) is 12.1 Å². The first kappa shape index (κ1) is 23.4. The normalized spacial score (nSPS) is 8.36. The molecule has 0 N–H and O–H groups in total. The van der Waals surface area contributed by atoms with Crippen LogP contribution in [0.1, 0.15) is 0 Å². The molecule has 0 fully saturated rings. The van der Waals surface area contributed by atoms with Gasteiger partial charge in [0, 0.05) is 0 Å². The SMILES string of the molecule is [Cl-].[Cl-].[SiH3].[Ti+4].c1ccc2[cH-]ccc2c1.c1ccc2[cH-]ccc2c1. The van der Waals surface area contributed by atoms with Gasteiger partial charge in [-0.2, -0.15) is 35.0 Å². The molecule has 4 aromatic carbocycles. The number of benzene rings is 2. The zero-order chi connectivity index (χ0) is 12.2. The number of rotatable bonds is 0. The molecule has 0 aromatic heterocycles. The summed E-state index contributed by atoms with van der Waals surface area (Å²) in [6, 6.07) is 29.3. The van der Waals surface area contributed by atoms with E-state index in [-0.39, 0.29) is 57.5 Å². The van der Waals surface area contributed by atoms with E-state index in [9.17, 15) is 0 Å². The van der Waals surface area contributed by atoms with Gasteiger partial charge >= 0.3 is 21.7 Å². The van der Waals surface area contributed by atoms with Crippen molar-refractivity contribution in [1.29, 1.82) is 0 Å². The van der Waals surface area contributed by atoms with Crippen LogP contribution in [0.15, 0.2) is 84.9 Å². The molecular formula is C18H17Cl2SiTi. The molecule has 0 heterocycles. The maximum atomic E-state index is 2.12. The number of fused-ring (bicyclic) bond motifs is 2. The summed E-state index contributed by atoms with van der Waals surface area (Å²) in [5.41, 5.74) is 0. The Hall–Kier alpha value is -0.829. The average Bonchev–Trinajstić information content (AvgIpc) is 3.08. The maximum Gasteiger partial charge on any atom is 4.00 e. The number of hydrogen-bond acceptors (Lipinski definition) is 0. The van der Waals surface area contributed by atoms with Crippen molar-refractivity contribution in [2.45, 2.75) is 0 Å². The van der Waals surface area contributed by atoms with Crippen LogP contribution >= 0.6 is 0 Å². The molecular weight excluding hydrogens is 363 g/mol. The molecule has 0 unspecified atom stereocenters. The Kier molecular flexibility index (Phi) is 12.5. The third kappa shape index (κ3) is 5.75. The molecule has 0 amide bonds. The van der Waals surface area contributed by atoms with E-state index in [1.54, 1.807) is 0 Å². The Morgan fingerprint density at radius 1 is 0.545 bits per heavy atom. The molecule has 0 saturated carbocycles. The van der Waals surface area contributed by atoms with E-state index in [2.05, 4.69) is 84.9 Å². The molecule has 0 bridgehead atoms. The van der Waals surface area contributed by atoms with Crippen molar-refractivity contribution in [3.63, 3.8) is 0 Å². The molecule has 0 spiro atoms. The standard InChI is InChI=1S/2C9H7.2ClH.H3Si.Ti/c2*1-2-5-9-7-3-6-8(9)4-1;;;;/h2*1-7H;2*1H;1H3;/q2*-1;;;;+4/p-2. The molecule has 4 aromatic rings. The van der Waals surface area contributed by atoms with E-state index in [0.29, 0.717) is 0 Å². The average molecular weight is 380 g/mol. The molecule has 0 nitrogen and oxygen atoms in total. The fraction of sp³-hybridized carbons (Fsp3) is 0. The number of hydrogen-bond donors (Lipinski definition) is 0. The Labute approximate surface area is 163 Å². The predicted molar refractivity (Wildman–Crippen MR) is 89.0 cm³/mol. The summed E-state index contributed by atoms with van der Waals surface area (Å²) in [5.74, 6) is 0. The Morgan fingerprint density at radius 3 is 1.27 bits per heavy atom. The van der Waals surface area contributed by atoms with Gasteiger partial charge in [-0.15, -0.1) is 59.3 Å². The van der Waals surface area contributed by atoms with Crippen LogP contribution in [-0.4, -0.2) is 11.0 Å². The van der Waals surface area contributed by atoms with Crippen LogP contribution in [0, 0.1) is 0 Å². The number of halogens is 2. The minimum atomic E-state index is 0. The summed E-state index contributed by atoms with van der Waals surface area (Å²) >= 11 is 0. The second-order valence-corrected chi connectivity index (χ2v) is 4.31. The second kappa shape index (κ2) is 11.7. The van der Waals surface area contributed by atoms with Crippen LogP contribution < -0.4 is 24.8 Å². The van der Waals surface area contributed by atoms with Gasteiger partial charge in [0.25, 0.3) is 0 Å². The molecule has 0 saturated heterocycles. The fourth-order valence-electron chi connectivity index (χ4n) is 2.14. The largest absolute Gasteiger partial charge is 4.00 e. The molecule has 4 rings (SSSR count). The van der Waals surface area contributed by atoms with Crippen LogP contribution in [0.2, 0.25) is 0 Å². The summed E-state index contributed by atoms with van der Waals surface area (Å²) in [4.78, 5) is 0. The molecule has 111 valence electrons. The van der Waals surface area contributed by atoms with Crippen molar-refractivity contribution < 1.29 is 46.5 Å². The fourth-order valence-corrected chi connectivity index (χ4v) is 2.14. The summed E-state index contributed by atoms with van der Waals surface area (Å²) in [6.45, 7) is 0. The minimum absolute atomic E-state index is 0. The Morgan fingerprint density at radius 2 is 0.909 bits per heavy atom. The van der Waals surface area contributed by atoms with Gasteiger partial charge < -0.3 is 24.8 Å². The van der Waals surface area contributed by atoms with Crippen molar-refractivity contribution in [3.8, 4) is 0 Å². The van der Waals surface area contributed by atoms with Gasteiger partial charge in [0.05, 0.1) is 0 Å². The third-order valence-electron chi connectivity index (χ3n) is 3.10. The molecule has 0 aliphatic heterocycles. The van der Waals surface area contributed by atoms with E-state index in [4.69, 9.17) is 0 Å². The first-order chi connectivity index (χ1) is 8.93. The molecule has 1 radical (unpaired) electrons. The monoisotopic (exact) mass is 379 g/mol. The van der Waals surface area contributed by atoms with Crippen LogP contribution in [-0.2, 0) is 21.7 Å². The van der Waals surface area contributed by atoms with Crippen molar-refractivity contribution >= 4 is 32.5 Å². The van der Waals surface area contributed by atoms with Crippen LogP contribution in [0.5, 0.6) is 0 Å². The van der Waals surface area contributed by atoms with Crippen molar-refractivity contribution in [2.24, 2.45) is 0 Å². The zero-order valence-corrected chi connectivity index (χ0v) is 17.4. The molecule has 0 atom stereocenters. The van der Waals surface area contributed by atoms with Crippen LogP contribution in [0.25, 0.3) is 21.5 Å². The predicted octanol–water partition coefficient (Wildman–Crippen LogP) is -2.06. The van der Waals surface area contributed by atoms with Crippen molar-refractivity contribution in [3.05, 3.63) is 84.9 Å². The maximum absolute atomic E-state index is 2.12. The molecule has 22 heavy (non-hydrogen) atoms. The van der Waals surface area contributed by atoms with Crippen LogP contribution in [0.4, 0.5) is 0 Å². The third-order valence-corrected chi connectivity index (χ3v) is 3.10. The Bertz CT molecular complexity index is 635. The molecule has 0 aliphatic carbocycles. The van der Waals surface area contributed by atoms with E-state index in [1.165, 1.54) is 21.5 Å². The van der Waals surface area contributed by atoms with Crippen LogP contribution in [0.3, 0.4) is 0 Å². The van der Waals surface area contributed by atoms with Gasteiger partial charge in [0.2, 0.25) is 0 Å². The summed E-state index contributed by atoms with van der Waals surface area (Å²) in [5, 5.41) is 5.32. The summed E-state index contributed by atoms with van der Waals surface area (Å²) < 4.78 is 0. The first-order valence-corrected chi connectivity index (χ1v) is 6.14. The summed E-state index contributed by atoms with van der Waals surface area (Å²) in [6.07, 6.45) is 0. The van der Waals surface area contributed by atoms with Gasteiger partial charge in [0.1, 0.15) is 0 Å². The minimum Gasteiger partial charge on any atom is -1.00 e. The van der Waals surface area contributed by atoms with E-state index >= 15 is 0 Å². The topological polar surface area (TPSA) is 0 Å². The summed E-state index contributed by atoms with van der Waals surface area (Å²) in [7, 11) is 0. The zero-order valence-electron chi connectivity index (χ0n) is 12.3. The second-order valence-electron chi connectivity index (χ2n) is 4.31. The van der Waals surface area contributed by atoms with Gasteiger partial charge in [0.15, 0.2) is 0 Å². The first-order valence-electron chi connectivity index (χ1n) is 6.14. The quantitative estimate of drug-likeness (QED) is 0.243. The van der Waals surface area contributed by atoms with E-state index in [0.717, 1.165) is 0 Å². The van der Waals surface area contributed by atoms with Gasteiger partial charge in [-0.3, -0.25) is 0 Å². The smallest absolute Gasteiger partial charge is 1.00 e. The van der Waals surface area contributed by atoms with Gasteiger partial charge in [-0.25, -0.2) is 0 Å². The molecule has 0 aliphatic rings. The Balaban J connectivity index is 0. The van der Waals surface area contributed by atoms with Crippen molar-refractivity contribution in [2.75, 3.05) is 0 Å². The van der Waals surface area contributed by atoms with E-state index < -0.39 is 0 Å². The van der Waals surface area contributed by atoms with Crippen molar-refractivity contribution in [1.82, 2.24) is 0 Å². The molecule has 4 heteroatoms.